The van der Waals surface area contributed by atoms with Crippen LogP contribution in [0.2, 0.25) is 0 Å². The summed E-state index contributed by atoms with van der Waals surface area (Å²) < 4.78 is 7.54. The van der Waals surface area contributed by atoms with Crippen LogP contribution in [0.3, 0.4) is 0 Å². The van der Waals surface area contributed by atoms with E-state index in [1.807, 2.05) is 18.5 Å². The molecule has 0 aromatic carbocycles. The van der Waals surface area contributed by atoms with E-state index < -0.39 is 0 Å². The van der Waals surface area contributed by atoms with Crippen molar-refractivity contribution in [1.82, 2.24) is 14.7 Å². The minimum absolute atomic E-state index is 0.0435. The molecule has 1 fully saturated rings. The summed E-state index contributed by atoms with van der Waals surface area (Å²) in [7, 11) is 0. The third kappa shape index (κ3) is 4.78. The number of hydrogen-bond donors (Lipinski definition) is 1. The minimum atomic E-state index is 0.0435. The number of nitrogens with zero attached hydrogens (tertiary/aromatic N) is 3. The van der Waals surface area contributed by atoms with E-state index in [1.54, 1.807) is 0 Å². The van der Waals surface area contributed by atoms with E-state index in [2.05, 4.69) is 29.2 Å². The smallest absolute Gasteiger partial charge is 0.238 e. The SMILES string of the molecule is CCCOC[C@@H]1CCN(CC(=O)Nc2c(C)nn(CC)c2C)C1. The summed E-state index contributed by atoms with van der Waals surface area (Å²) in [5.74, 6) is 0.600. The topological polar surface area (TPSA) is 59.4 Å². The van der Waals surface area contributed by atoms with Crippen LogP contribution in [0.25, 0.3) is 0 Å². The van der Waals surface area contributed by atoms with Crippen LogP contribution in [-0.2, 0) is 16.1 Å². The van der Waals surface area contributed by atoms with Gasteiger partial charge in [0.2, 0.25) is 5.91 Å². The molecule has 0 bridgehead atoms. The van der Waals surface area contributed by atoms with Gasteiger partial charge in [0.05, 0.1) is 30.2 Å². The van der Waals surface area contributed by atoms with Gasteiger partial charge in [0.1, 0.15) is 0 Å². The van der Waals surface area contributed by atoms with E-state index in [-0.39, 0.29) is 5.91 Å². The largest absolute Gasteiger partial charge is 0.381 e. The molecule has 1 aromatic rings. The molecule has 2 heterocycles. The van der Waals surface area contributed by atoms with E-state index in [4.69, 9.17) is 4.74 Å². The molecular formula is C17H30N4O2. The second-order valence-corrected chi connectivity index (χ2v) is 6.37. The van der Waals surface area contributed by atoms with Crippen molar-refractivity contribution < 1.29 is 9.53 Å². The second-order valence-electron chi connectivity index (χ2n) is 6.37. The Labute approximate surface area is 139 Å². The van der Waals surface area contributed by atoms with Gasteiger partial charge in [-0.05, 0) is 46.1 Å². The quantitative estimate of drug-likeness (QED) is 0.746. The van der Waals surface area contributed by atoms with Gasteiger partial charge in [0, 0.05) is 19.7 Å². The normalized spacial score (nSPS) is 18.5. The first kappa shape index (κ1) is 17.9. The van der Waals surface area contributed by atoms with Gasteiger partial charge in [-0.2, -0.15) is 5.10 Å². The van der Waals surface area contributed by atoms with Crippen molar-refractivity contribution >= 4 is 11.6 Å². The molecule has 130 valence electrons. The van der Waals surface area contributed by atoms with Crippen LogP contribution in [0.4, 0.5) is 5.69 Å². The van der Waals surface area contributed by atoms with Crippen molar-refractivity contribution in [3.05, 3.63) is 11.4 Å². The fourth-order valence-electron chi connectivity index (χ4n) is 3.15. The Morgan fingerprint density at radius 2 is 2.17 bits per heavy atom. The fourth-order valence-corrected chi connectivity index (χ4v) is 3.15. The highest BCUT2D eigenvalue weighted by atomic mass is 16.5. The Balaban J connectivity index is 1.81. The molecule has 0 spiro atoms. The molecule has 0 aliphatic carbocycles. The van der Waals surface area contributed by atoms with Gasteiger partial charge in [-0.25, -0.2) is 0 Å². The van der Waals surface area contributed by atoms with Gasteiger partial charge in [-0.1, -0.05) is 6.92 Å². The molecule has 1 aliphatic heterocycles. The van der Waals surface area contributed by atoms with Crippen LogP contribution >= 0.6 is 0 Å². The number of aryl methyl sites for hydroxylation is 2. The lowest BCUT2D eigenvalue weighted by molar-refractivity contribution is -0.117. The number of nitrogens with one attached hydrogen (secondary N) is 1. The van der Waals surface area contributed by atoms with Gasteiger partial charge in [0.15, 0.2) is 0 Å². The van der Waals surface area contributed by atoms with Gasteiger partial charge >= 0.3 is 0 Å². The van der Waals surface area contributed by atoms with Crippen molar-refractivity contribution in [1.29, 1.82) is 0 Å². The molecule has 0 radical (unpaired) electrons. The van der Waals surface area contributed by atoms with Gasteiger partial charge < -0.3 is 10.1 Å². The third-order valence-electron chi connectivity index (χ3n) is 4.38. The van der Waals surface area contributed by atoms with Crippen molar-refractivity contribution in [3.8, 4) is 0 Å². The summed E-state index contributed by atoms with van der Waals surface area (Å²) in [6.07, 6.45) is 2.17. The predicted octanol–water partition coefficient (Wildman–Crippen LogP) is 2.21. The van der Waals surface area contributed by atoms with Crippen LogP contribution < -0.4 is 5.32 Å². The monoisotopic (exact) mass is 322 g/mol. The van der Waals surface area contributed by atoms with E-state index in [9.17, 15) is 4.79 Å². The van der Waals surface area contributed by atoms with Crippen LogP contribution in [0.1, 0.15) is 38.1 Å². The number of anilines is 1. The fraction of sp³-hybridized carbons (Fsp3) is 0.765. The number of ether oxygens (including phenoxy) is 1. The maximum absolute atomic E-state index is 12.3. The summed E-state index contributed by atoms with van der Waals surface area (Å²) in [5.41, 5.74) is 2.76. The molecule has 1 N–H and O–H groups in total. The summed E-state index contributed by atoms with van der Waals surface area (Å²) in [6.45, 7) is 12.9. The Kier molecular flexibility index (Phi) is 6.59. The molecule has 23 heavy (non-hydrogen) atoms. The highest BCUT2D eigenvalue weighted by molar-refractivity contribution is 5.93. The third-order valence-corrected chi connectivity index (χ3v) is 4.38. The highest BCUT2D eigenvalue weighted by Crippen LogP contribution is 2.20. The number of amides is 1. The number of carbonyl (C=O) groups is 1. The van der Waals surface area contributed by atoms with Crippen LogP contribution in [0.15, 0.2) is 0 Å². The molecule has 1 saturated heterocycles. The molecule has 1 atom stereocenters. The first-order valence-corrected chi connectivity index (χ1v) is 8.69. The first-order valence-electron chi connectivity index (χ1n) is 8.69. The summed E-state index contributed by atoms with van der Waals surface area (Å²) in [5, 5.41) is 7.47. The molecule has 6 heteroatoms. The van der Waals surface area contributed by atoms with E-state index in [1.165, 1.54) is 0 Å². The maximum Gasteiger partial charge on any atom is 0.238 e. The molecule has 1 aromatic heterocycles. The standard InChI is InChI=1S/C17H30N4O2/c1-5-9-23-12-15-7-8-20(10-15)11-16(22)18-17-13(3)19-21(6-2)14(17)4/h15H,5-12H2,1-4H3,(H,18,22)/t15-/m1/s1. The zero-order valence-electron chi connectivity index (χ0n) is 14.9. The van der Waals surface area contributed by atoms with E-state index in [0.717, 1.165) is 62.8 Å². The molecular weight excluding hydrogens is 292 g/mol. The predicted molar refractivity (Wildman–Crippen MR) is 91.7 cm³/mol. The number of rotatable bonds is 8. The molecule has 1 aliphatic rings. The number of carbonyl (C=O) groups excluding carboxylic acids is 1. The number of likely N-dealkylation sites (tertiary alicyclic amines) is 1. The van der Waals surface area contributed by atoms with Crippen molar-refractivity contribution in [2.24, 2.45) is 5.92 Å². The Morgan fingerprint density at radius 3 is 2.83 bits per heavy atom. The second kappa shape index (κ2) is 8.45. The Morgan fingerprint density at radius 1 is 1.39 bits per heavy atom. The van der Waals surface area contributed by atoms with E-state index in [0.29, 0.717) is 12.5 Å². The molecule has 0 saturated carbocycles. The van der Waals surface area contributed by atoms with E-state index >= 15 is 0 Å². The van der Waals surface area contributed by atoms with Gasteiger partial charge in [0.25, 0.3) is 0 Å². The first-order chi connectivity index (χ1) is 11.0. The minimum Gasteiger partial charge on any atom is -0.381 e. The van der Waals surface area contributed by atoms with Crippen LogP contribution in [0.5, 0.6) is 0 Å². The highest BCUT2D eigenvalue weighted by Gasteiger charge is 2.24. The molecule has 1 amide bonds. The summed E-state index contributed by atoms with van der Waals surface area (Å²) >= 11 is 0. The van der Waals surface area contributed by atoms with Gasteiger partial charge in [-0.15, -0.1) is 0 Å². The van der Waals surface area contributed by atoms with Crippen LogP contribution in [-0.4, -0.2) is 53.4 Å². The zero-order valence-corrected chi connectivity index (χ0v) is 14.9. The molecule has 0 unspecified atom stereocenters. The van der Waals surface area contributed by atoms with Crippen molar-refractivity contribution in [2.75, 3.05) is 38.2 Å². The lowest BCUT2D eigenvalue weighted by atomic mass is 10.1. The zero-order chi connectivity index (χ0) is 16.8. The lowest BCUT2D eigenvalue weighted by Crippen LogP contribution is -2.32. The Hall–Kier alpha value is -1.40. The van der Waals surface area contributed by atoms with Gasteiger partial charge in [-0.3, -0.25) is 14.4 Å². The average molecular weight is 322 g/mol. The average Bonchev–Trinajstić information content (AvgIpc) is 3.06. The Bertz CT molecular complexity index is 527. The molecule has 6 nitrogen and oxygen atoms in total. The van der Waals surface area contributed by atoms with Crippen LogP contribution in [0, 0.1) is 19.8 Å². The van der Waals surface area contributed by atoms with Crippen molar-refractivity contribution in [2.45, 2.75) is 47.1 Å². The summed E-state index contributed by atoms with van der Waals surface area (Å²) in [6, 6.07) is 0. The van der Waals surface area contributed by atoms with Crippen molar-refractivity contribution in [3.63, 3.8) is 0 Å². The number of hydrogen-bond acceptors (Lipinski definition) is 4. The lowest BCUT2D eigenvalue weighted by Gasteiger charge is -2.16. The number of aromatic nitrogens is 2. The maximum atomic E-state index is 12.3. The molecule has 2 rings (SSSR count). The summed E-state index contributed by atoms with van der Waals surface area (Å²) in [4.78, 5) is 14.5.